The third-order valence-corrected chi connectivity index (χ3v) is 5.30. The van der Waals surface area contributed by atoms with E-state index in [1.165, 1.54) is 6.26 Å². The van der Waals surface area contributed by atoms with Crippen molar-refractivity contribution in [1.82, 2.24) is 4.90 Å². The zero-order chi connectivity index (χ0) is 16.6. The van der Waals surface area contributed by atoms with E-state index in [1.807, 2.05) is 49.4 Å². The summed E-state index contributed by atoms with van der Waals surface area (Å²) < 4.78 is 23.2. The van der Waals surface area contributed by atoms with Crippen LogP contribution in [0.25, 0.3) is 10.8 Å². The number of carbonyl (C=O) groups excluding carboxylic acids is 1. The summed E-state index contributed by atoms with van der Waals surface area (Å²) in [5, 5.41) is 1.93. The Balaban J connectivity index is 1.98. The van der Waals surface area contributed by atoms with Crippen LogP contribution in [0.4, 0.5) is 0 Å². The van der Waals surface area contributed by atoms with Crippen molar-refractivity contribution in [2.75, 3.05) is 12.0 Å². The predicted molar refractivity (Wildman–Crippen MR) is 92.3 cm³/mol. The van der Waals surface area contributed by atoms with Crippen LogP contribution < -0.4 is 0 Å². The van der Waals surface area contributed by atoms with Crippen LogP contribution in [0.5, 0.6) is 0 Å². The van der Waals surface area contributed by atoms with E-state index < -0.39 is 9.84 Å². The van der Waals surface area contributed by atoms with Crippen LogP contribution in [0.3, 0.4) is 0 Å². The van der Waals surface area contributed by atoms with E-state index in [1.54, 1.807) is 4.90 Å². The molecular formula is C18H21NO3S. The highest BCUT2D eigenvalue weighted by molar-refractivity contribution is 7.90. The number of nitrogens with zero attached hydrogens (tertiary/aromatic N) is 1. The van der Waals surface area contributed by atoms with E-state index in [-0.39, 0.29) is 23.7 Å². The second-order valence-electron chi connectivity index (χ2n) is 6.41. The molecule has 23 heavy (non-hydrogen) atoms. The summed E-state index contributed by atoms with van der Waals surface area (Å²) in [5.41, 5.74) is 0.648. The highest BCUT2D eigenvalue weighted by atomic mass is 32.2. The molecule has 1 aliphatic rings. The van der Waals surface area contributed by atoms with Crippen LogP contribution in [0.1, 0.15) is 30.1 Å². The first-order valence-electron chi connectivity index (χ1n) is 7.85. The topological polar surface area (TPSA) is 54.5 Å². The van der Waals surface area contributed by atoms with Crippen molar-refractivity contribution >= 4 is 26.5 Å². The van der Waals surface area contributed by atoms with E-state index in [4.69, 9.17) is 0 Å². The van der Waals surface area contributed by atoms with Crippen LogP contribution in [-0.2, 0) is 9.84 Å². The van der Waals surface area contributed by atoms with Crippen LogP contribution in [0.2, 0.25) is 0 Å². The fourth-order valence-electron chi connectivity index (χ4n) is 3.15. The van der Waals surface area contributed by atoms with Crippen LogP contribution >= 0.6 is 0 Å². The molecule has 0 radical (unpaired) electrons. The van der Waals surface area contributed by atoms with E-state index >= 15 is 0 Å². The van der Waals surface area contributed by atoms with Gasteiger partial charge in [-0.2, -0.15) is 0 Å². The van der Waals surface area contributed by atoms with Crippen LogP contribution in [-0.4, -0.2) is 43.3 Å². The molecule has 1 saturated carbocycles. The second-order valence-corrected chi connectivity index (χ2v) is 8.60. The number of sulfone groups is 1. The molecule has 1 amide bonds. The minimum atomic E-state index is -3.13. The lowest BCUT2D eigenvalue weighted by Gasteiger charge is -2.29. The Hall–Kier alpha value is -1.88. The zero-order valence-electron chi connectivity index (χ0n) is 13.4. The molecule has 0 aromatic heterocycles. The Labute approximate surface area is 137 Å². The number of benzene rings is 2. The molecule has 2 aromatic carbocycles. The lowest BCUT2D eigenvalue weighted by atomic mass is 10.0. The Kier molecular flexibility index (Phi) is 4.15. The molecule has 5 heteroatoms. The fourth-order valence-corrected chi connectivity index (χ4v) is 4.18. The van der Waals surface area contributed by atoms with E-state index in [2.05, 4.69) is 0 Å². The van der Waals surface area contributed by atoms with Gasteiger partial charge in [-0.15, -0.1) is 0 Å². The summed E-state index contributed by atoms with van der Waals surface area (Å²) >= 11 is 0. The molecule has 4 nitrogen and oxygen atoms in total. The summed E-state index contributed by atoms with van der Waals surface area (Å²) in [4.78, 5) is 14.9. The molecule has 0 saturated heterocycles. The summed E-state index contributed by atoms with van der Waals surface area (Å²) in [6.07, 6.45) is 3.12. The minimum absolute atomic E-state index is 0.00000606. The molecule has 1 aliphatic carbocycles. The lowest BCUT2D eigenvalue weighted by Crippen LogP contribution is -2.43. The van der Waals surface area contributed by atoms with Gasteiger partial charge in [-0.25, -0.2) is 8.42 Å². The van der Waals surface area contributed by atoms with Gasteiger partial charge in [-0.3, -0.25) is 4.79 Å². The third kappa shape index (κ3) is 3.55. The van der Waals surface area contributed by atoms with Gasteiger partial charge in [-0.05, 0) is 36.6 Å². The maximum Gasteiger partial charge on any atom is 0.255 e. The summed E-state index contributed by atoms with van der Waals surface area (Å²) in [7, 11) is -3.13. The van der Waals surface area contributed by atoms with Crippen molar-refractivity contribution in [2.45, 2.75) is 31.8 Å². The highest BCUT2D eigenvalue weighted by Gasteiger charge is 2.37. The Morgan fingerprint density at radius 2 is 1.83 bits per heavy atom. The van der Waals surface area contributed by atoms with E-state index in [0.29, 0.717) is 5.56 Å². The van der Waals surface area contributed by atoms with Gasteiger partial charge in [0.05, 0.1) is 5.75 Å². The van der Waals surface area contributed by atoms with E-state index in [0.717, 1.165) is 23.6 Å². The van der Waals surface area contributed by atoms with Gasteiger partial charge in [0.1, 0.15) is 9.84 Å². The summed E-state index contributed by atoms with van der Waals surface area (Å²) in [6, 6.07) is 13.3. The van der Waals surface area contributed by atoms with Gasteiger partial charge < -0.3 is 4.90 Å². The average molecular weight is 331 g/mol. The van der Waals surface area contributed by atoms with Crippen molar-refractivity contribution < 1.29 is 13.2 Å². The van der Waals surface area contributed by atoms with Gasteiger partial charge in [0.25, 0.3) is 5.91 Å². The smallest absolute Gasteiger partial charge is 0.255 e. The standard InChI is InChI=1S/C18H21NO3S/c1-13(12-23(2,21)22)19(15-10-11-15)18(20)17-9-5-7-14-6-3-4-8-16(14)17/h3-9,13,15H,10-12H2,1-2H3. The maximum absolute atomic E-state index is 13.1. The monoisotopic (exact) mass is 331 g/mol. The molecule has 0 aliphatic heterocycles. The van der Waals surface area contributed by atoms with Crippen LogP contribution in [0, 0.1) is 0 Å². The first-order chi connectivity index (χ1) is 10.9. The van der Waals surface area contributed by atoms with Gasteiger partial charge in [0.15, 0.2) is 0 Å². The largest absolute Gasteiger partial charge is 0.332 e. The predicted octanol–water partition coefficient (Wildman–Crippen LogP) is 2.88. The molecular weight excluding hydrogens is 310 g/mol. The molecule has 2 aromatic rings. The van der Waals surface area contributed by atoms with Crippen molar-refractivity contribution in [2.24, 2.45) is 0 Å². The first-order valence-corrected chi connectivity index (χ1v) is 9.91. The highest BCUT2D eigenvalue weighted by Crippen LogP contribution is 2.32. The minimum Gasteiger partial charge on any atom is -0.332 e. The number of hydrogen-bond donors (Lipinski definition) is 0. The Morgan fingerprint density at radius 3 is 2.48 bits per heavy atom. The number of carbonyl (C=O) groups is 1. The molecule has 1 atom stereocenters. The van der Waals surface area contributed by atoms with Gasteiger partial charge in [0.2, 0.25) is 0 Å². The van der Waals surface area contributed by atoms with E-state index in [9.17, 15) is 13.2 Å². The molecule has 0 bridgehead atoms. The fraction of sp³-hybridized carbons (Fsp3) is 0.389. The van der Waals surface area contributed by atoms with Crippen molar-refractivity contribution in [1.29, 1.82) is 0 Å². The lowest BCUT2D eigenvalue weighted by molar-refractivity contribution is 0.0695. The molecule has 0 N–H and O–H groups in total. The zero-order valence-corrected chi connectivity index (χ0v) is 14.2. The number of amides is 1. The number of hydrogen-bond acceptors (Lipinski definition) is 3. The normalized spacial score (nSPS) is 16.3. The molecule has 122 valence electrons. The molecule has 1 fully saturated rings. The SMILES string of the molecule is CC(CS(C)(=O)=O)N(C(=O)c1cccc2ccccc12)C1CC1. The van der Waals surface area contributed by atoms with Crippen molar-refractivity contribution in [3.8, 4) is 0 Å². The summed E-state index contributed by atoms with van der Waals surface area (Å²) in [5.74, 6) is -0.0690. The average Bonchev–Trinajstić information content (AvgIpc) is 3.29. The van der Waals surface area contributed by atoms with Crippen molar-refractivity contribution in [3.05, 3.63) is 48.0 Å². The van der Waals surface area contributed by atoms with Gasteiger partial charge in [0, 0.05) is 23.9 Å². The van der Waals surface area contributed by atoms with Gasteiger partial charge in [-0.1, -0.05) is 36.4 Å². The van der Waals surface area contributed by atoms with Gasteiger partial charge >= 0.3 is 0 Å². The Morgan fingerprint density at radius 1 is 1.17 bits per heavy atom. The third-order valence-electron chi connectivity index (χ3n) is 4.21. The molecule has 3 rings (SSSR count). The van der Waals surface area contributed by atoms with Crippen molar-refractivity contribution in [3.63, 3.8) is 0 Å². The molecule has 0 heterocycles. The molecule has 0 spiro atoms. The second kappa shape index (κ2) is 5.96. The Bertz CT molecular complexity index is 835. The van der Waals surface area contributed by atoms with Crippen LogP contribution in [0.15, 0.2) is 42.5 Å². The number of rotatable bonds is 5. The maximum atomic E-state index is 13.1. The number of fused-ring (bicyclic) bond motifs is 1. The molecule has 1 unspecified atom stereocenters. The summed E-state index contributed by atoms with van der Waals surface area (Å²) in [6.45, 7) is 1.82. The first kappa shape index (κ1) is 16.0. The quantitative estimate of drug-likeness (QED) is 0.846.